The van der Waals surface area contributed by atoms with Crippen molar-refractivity contribution in [2.75, 3.05) is 38.8 Å². The molecule has 1 saturated carbocycles. The molecule has 2 atom stereocenters. The lowest BCUT2D eigenvalue weighted by atomic mass is 9.90. The second-order valence-electron chi connectivity index (χ2n) is 10.5. The summed E-state index contributed by atoms with van der Waals surface area (Å²) in [7, 11) is 2.57. The lowest BCUT2D eigenvalue weighted by Gasteiger charge is -2.39. The molecule has 6 nitrogen and oxygen atoms in total. The summed E-state index contributed by atoms with van der Waals surface area (Å²) in [5.74, 6) is 1.09. The molecule has 1 heterocycles. The molecule has 0 amide bonds. The van der Waals surface area contributed by atoms with Crippen molar-refractivity contribution in [1.29, 1.82) is 0 Å². The molecule has 1 aliphatic carbocycles. The van der Waals surface area contributed by atoms with Gasteiger partial charge in [0.2, 0.25) is 0 Å². The maximum atomic E-state index is 14.0. The van der Waals surface area contributed by atoms with Crippen LogP contribution in [-0.2, 0) is 15.1 Å². The summed E-state index contributed by atoms with van der Waals surface area (Å²) in [5.41, 5.74) is -0.925. The highest BCUT2D eigenvalue weighted by Gasteiger charge is 2.54. The van der Waals surface area contributed by atoms with E-state index in [9.17, 15) is 23.1 Å². The zero-order valence-electron chi connectivity index (χ0n) is 22.1. The van der Waals surface area contributed by atoms with Crippen molar-refractivity contribution in [2.24, 2.45) is 11.8 Å². The van der Waals surface area contributed by atoms with Crippen molar-refractivity contribution < 1.29 is 37.3 Å². The van der Waals surface area contributed by atoms with E-state index in [1.807, 2.05) is 29.2 Å². The summed E-state index contributed by atoms with van der Waals surface area (Å²) in [6, 6.07) is 12.3. The van der Waals surface area contributed by atoms with Crippen LogP contribution in [0.5, 0.6) is 11.5 Å². The zero-order chi connectivity index (χ0) is 27.5. The molecule has 1 aliphatic heterocycles. The number of aliphatic carboxylic acids is 1. The van der Waals surface area contributed by atoms with Crippen molar-refractivity contribution in [2.45, 2.75) is 56.7 Å². The molecule has 38 heavy (non-hydrogen) atoms. The average Bonchev–Trinajstić information content (AvgIpc) is 3.75. The molecular formula is C29H36F3NO5. The van der Waals surface area contributed by atoms with Gasteiger partial charge in [-0.2, -0.15) is 13.2 Å². The van der Waals surface area contributed by atoms with E-state index in [4.69, 9.17) is 14.2 Å². The number of anilines is 1. The van der Waals surface area contributed by atoms with Crippen molar-refractivity contribution in [3.05, 3.63) is 53.6 Å². The highest BCUT2D eigenvalue weighted by atomic mass is 19.4. The molecule has 208 valence electrons. The number of rotatable bonds is 11. The fraction of sp³-hybridized carbons (Fsp3) is 0.552. The number of carbonyl (C=O) groups is 1. The summed E-state index contributed by atoms with van der Waals surface area (Å²) in [6.45, 7) is 2.70. The van der Waals surface area contributed by atoms with Crippen LogP contribution < -0.4 is 14.4 Å². The maximum absolute atomic E-state index is 14.0. The predicted octanol–water partition coefficient (Wildman–Crippen LogP) is 6.38. The van der Waals surface area contributed by atoms with Gasteiger partial charge in [0.1, 0.15) is 11.5 Å². The Hall–Kier alpha value is -2.94. The monoisotopic (exact) mass is 535 g/mol. The van der Waals surface area contributed by atoms with Gasteiger partial charge in [-0.15, -0.1) is 0 Å². The molecule has 9 heteroatoms. The van der Waals surface area contributed by atoms with Crippen LogP contribution in [-0.4, -0.2) is 51.2 Å². The molecule has 2 aromatic rings. The molecular weight excluding hydrogens is 499 g/mol. The molecule has 2 fully saturated rings. The second kappa shape index (κ2) is 11.4. The van der Waals surface area contributed by atoms with Crippen LogP contribution in [0.4, 0.5) is 18.9 Å². The molecule has 1 unspecified atom stereocenters. The number of piperidine rings is 1. The quantitative estimate of drug-likeness (QED) is 0.360. The van der Waals surface area contributed by atoms with Crippen LogP contribution in [0.25, 0.3) is 0 Å². The van der Waals surface area contributed by atoms with Crippen LogP contribution in [0.15, 0.2) is 42.5 Å². The first kappa shape index (κ1) is 28.1. The summed E-state index contributed by atoms with van der Waals surface area (Å²) >= 11 is 0. The number of hydrogen-bond acceptors (Lipinski definition) is 5. The van der Waals surface area contributed by atoms with Crippen molar-refractivity contribution in [3.63, 3.8) is 0 Å². The minimum absolute atomic E-state index is 0.00540. The van der Waals surface area contributed by atoms with Crippen molar-refractivity contribution >= 4 is 11.7 Å². The number of benzene rings is 2. The maximum Gasteiger partial charge on any atom is 0.421 e. The molecule has 2 aromatic carbocycles. The van der Waals surface area contributed by atoms with Gasteiger partial charge in [-0.1, -0.05) is 18.2 Å². The Morgan fingerprint density at radius 1 is 1.05 bits per heavy atom. The van der Waals surface area contributed by atoms with Crippen LogP contribution in [0.1, 0.15) is 56.1 Å². The van der Waals surface area contributed by atoms with Crippen LogP contribution in [0.2, 0.25) is 0 Å². The number of hydrogen-bond donors (Lipinski definition) is 1. The smallest absolute Gasteiger partial charge is 0.421 e. The van der Waals surface area contributed by atoms with Gasteiger partial charge in [0.15, 0.2) is 5.60 Å². The third-order valence-electron chi connectivity index (χ3n) is 7.98. The Morgan fingerprint density at radius 2 is 1.76 bits per heavy atom. The van der Waals surface area contributed by atoms with Gasteiger partial charge in [-0.25, -0.2) is 0 Å². The highest BCUT2D eigenvalue weighted by molar-refractivity contribution is 5.68. The first-order valence-corrected chi connectivity index (χ1v) is 13.1. The fourth-order valence-corrected chi connectivity index (χ4v) is 5.31. The van der Waals surface area contributed by atoms with E-state index in [0.29, 0.717) is 37.1 Å². The van der Waals surface area contributed by atoms with Crippen LogP contribution in [0, 0.1) is 11.8 Å². The summed E-state index contributed by atoms with van der Waals surface area (Å²) in [4.78, 5) is 13.3. The minimum Gasteiger partial charge on any atom is -0.497 e. The van der Waals surface area contributed by atoms with E-state index in [0.717, 1.165) is 51.0 Å². The fourth-order valence-electron chi connectivity index (χ4n) is 5.31. The second-order valence-corrected chi connectivity index (χ2v) is 10.5. The number of methoxy groups -OCH3 is 2. The Kier molecular flexibility index (Phi) is 8.45. The number of nitrogens with zero attached hydrogens (tertiary/aromatic N) is 1. The first-order valence-electron chi connectivity index (χ1n) is 13.1. The number of halogens is 3. The predicted molar refractivity (Wildman–Crippen MR) is 138 cm³/mol. The van der Waals surface area contributed by atoms with Gasteiger partial charge in [0.25, 0.3) is 0 Å². The zero-order valence-corrected chi connectivity index (χ0v) is 22.1. The van der Waals surface area contributed by atoms with Gasteiger partial charge in [-0.05, 0) is 74.1 Å². The standard InChI is InChI=1S/C29H36F3NO5/c1-28(37-3,29(30,31)32)25-10-9-22(36-2)16-26(25)33-13-11-19(12-14-33)18-38-23-6-4-5-21(15-23)24(17-27(34)35)20-7-8-20/h4-6,9-10,15-16,19-20,24H,7-8,11-14,17-18H2,1-3H3,(H,34,35)/t24-,28?/m0/s1. The van der Waals surface area contributed by atoms with E-state index < -0.39 is 17.7 Å². The van der Waals surface area contributed by atoms with E-state index >= 15 is 0 Å². The van der Waals surface area contributed by atoms with E-state index in [1.165, 1.54) is 19.2 Å². The minimum atomic E-state index is -4.59. The lowest BCUT2D eigenvalue weighted by Crippen LogP contribution is -2.44. The molecule has 0 radical (unpaired) electrons. The third kappa shape index (κ3) is 6.20. The topological polar surface area (TPSA) is 68.2 Å². The third-order valence-corrected chi connectivity index (χ3v) is 7.98. The van der Waals surface area contributed by atoms with E-state index in [1.54, 1.807) is 6.07 Å². The molecule has 0 spiro atoms. The van der Waals surface area contributed by atoms with Gasteiger partial charge >= 0.3 is 12.1 Å². The lowest BCUT2D eigenvalue weighted by molar-refractivity contribution is -0.268. The molecule has 4 rings (SSSR count). The van der Waals surface area contributed by atoms with Crippen LogP contribution >= 0.6 is 0 Å². The highest BCUT2D eigenvalue weighted by Crippen LogP contribution is 2.47. The summed E-state index contributed by atoms with van der Waals surface area (Å²) in [5, 5.41) is 9.31. The van der Waals surface area contributed by atoms with Gasteiger partial charge < -0.3 is 24.2 Å². The van der Waals surface area contributed by atoms with E-state index in [-0.39, 0.29) is 23.8 Å². The molecule has 1 saturated heterocycles. The molecule has 0 aromatic heterocycles. The Morgan fingerprint density at radius 3 is 2.34 bits per heavy atom. The average molecular weight is 536 g/mol. The van der Waals surface area contributed by atoms with Gasteiger partial charge in [0.05, 0.1) is 20.1 Å². The largest absolute Gasteiger partial charge is 0.497 e. The van der Waals surface area contributed by atoms with Crippen molar-refractivity contribution in [3.8, 4) is 11.5 Å². The van der Waals surface area contributed by atoms with Gasteiger partial charge in [-0.3, -0.25) is 4.79 Å². The van der Waals surface area contributed by atoms with Crippen molar-refractivity contribution in [1.82, 2.24) is 0 Å². The van der Waals surface area contributed by atoms with Gasteiger partial charge in [0, 0.05) is 37.5 Å². The number of alkyl halides is 3. The number of ether oxygens (including phenoxy) is 3. The Labute approximate surface area is 221 Å². The number of carboxylic acid groups (broad SMARTS) is 1. The first-order chi connectivity index (χ1) is 18.1. The Bertz CT molecular complexity index is 1110. The Balaban J connectivity index is 1.41. The van der Waals surface area contributed by atoms with Crippen LogP contribution in [0.3, 0.4) is 0 Å². The molecule has 1 N–H and O–H groups in total. The molecule has 2 aliphatic rings. The number of carboxylic acids is 1. The van der Waals surface area contributed by atoms with E-state index in [2.05, 4.69) is 0 Å². The summed E-state index contributed by atoms with van der Waals surface area (Å²) in [6.07, 6.45) is -0.832. The summed E-state index contributed by atoms with van der Waals surface area (Å²) < 4.78 is 58.5. The SMILES string of the molecule is COc1ccc(C(C)(OC)C(F)(F)F)c(N2CCC(COc3cccc([C@@H](CC(=O)O)C4CC4)c3)CC2)c1. The normalized spacial score (nSPS) is 19.1. The molecule has 0 bridgehead atoms.